The number of anilines is 1. The fraction of sp³-hybridized carbons (Fsp3) is 0.200. The number of ether oxygens (including phenoxy) is 2. The number of allylic oxidation sites excluding steroid dienone is 1. The van der Waals surface area contributed by atoms with Crippen LogP contribution < -0.4 is 25.4 Å². The van der Waals surface area contributed by atoms with Crippen LogP contribution in [0.4, 0.5) is 14.5 Å². The Hall–Kier alpha value is -3.20. The molecule has 9 heteroatoms. The Morgan fingerprint density at radius 2 is 1.86 bits per heavy atom. The number of rotatable bonds is 5. The maximum absolute atomic E-state index is 13.5. The smallest absolute Gasteiger partial charge is 0.255 e. The first kappa shape index (κ1) is 20.5. The summed E-state index contributed by atoms with van der Waals surface area (Å²) in [6, 6.07) is 7.68. The SMILES string of the molecule is COc1ccc(OC)c([C@@H]2NC(=S)NC(C)=C2C(=O)Nc2ccc(F)c(F)c2)c1. The van der Waals surface area contributed by atoms with E-state index in [0.717, 1.165) is 12.1 Å². The molecule has 0 saturated heterocycles. The van der Waals surface area contributed by atoms with E-state index >= 15 is 0 Å². The third-order valence-electron chi connectivity index (χ3n) is 4.44. The summed E-state index contributed by atoms with van der Waals surface area (Å²) >= 11 is 5.25. The molecule has 2 aromatic carbocycles. The molecule has 0 bridgehead atoms. The summed E-state index contributed by atoms with van der Waals surface area (Å²) in [7, 11) is 3.05. The molecule has 0 radical (unpaired) electrons. The summed E-state index contributed by atoms with van der Waals surface area (Å²) in [6.45, 7) is 1.70. The van der Waals surface area contributed by atoms with Crippen LogP contribution in [0.1, 0.15) is 18.5 Å². The van der Waals surface area contributed by atoms with Crippen molar-refractivity contribution in [3.8, 4) is 11.5 Å². The van der Waals surface area contributed by atoms with Gasteiger partial charge in [0, 0.05) is 23.0 Å². The van der Waals surface area contributed by atoms with Crippen LogP contribution in [0.5, 0.6) is 11.5 Å². The molecule has 1 heterocycles. The van der Waals surface area contributed by atoms with E-state index in [1.807, 2.05) is 0 Å². The summed E-state index contributed by atoms with van der Waals surface area (Å²) in [5.41, 5.74) is 1.59. The number of benzene rings is 2. The molecule has 152 valence electrons. The molecule has 1 amide bonds. The second kappa shape index (κ2) is 8.44. The lowest BCUT2D eigenvalue weighted by Crippen LogP contribution is -2.45. The Morgan fingerprint density at radius 1 is 1.10 bits per heavy atom. The normalized spacial score (nSPS) is 16.0. The quantitative estimate of drug-likeness (QED) is 0.646. The van der Waals surface area contributed by atoms with Crippen LogP contribution in [0.3, 0.4) is 0 Å². The van der Waals surface area contributed by atoms with Crippen molar-refractivity contribution in [2.45, 2.75) is 13.0 Å². The number of thiocarbonyl (C=S) groups is 1. The molecule has 0 spiro atoms. The molecule has 1 atom stereocenters. The van der Waals surface area contributed by atoms with E-state index in [2.05, 4.69) is 16.0 Å². The molecule has 0 saturated carbocycles. The molecule has 29 heavy (non-hydrogen) atoms. The monoisotopic (exact) mass is 419 g/mol. The Bertz CT molecular complexity index is 1010. The number of hydrogen-bond acceptors (Lipinski definition) is 4. The Morgan fingerprint density at radius 3 is 2.52 bits per heavy atom. The highest BCUT2D eigenvalue weighted by Crippen LogP contribution is 2.36. The first-order valence-corrected chi connectivity index (χ1v) is 9.01. The van der Waals surface area contributed by atoms with E-state index in [0.29, 0.717) is 33.4 Å². The van der Waals surface area contributed by atoms with Crippen molar-refractivity contribution in [2.24, 2.45) is 0 Å². The molecule has 0 unspecified atom stereocenters. The number of nitrogens with one attached hydrogen (secondary N) is 3. The third kappa shape index (κ3) is 4.29. The number of hydrogen-bond donors (Lipinski definition) is 3. The van der Waals surface area contributed by atoms with Gasteiger partial charge in [0.15, 0.2) is 16.7 Å². The van der Waals surface area contributed by atoms with Crippen LogP contribution in [0.2, 0.25) is 0 Å². The zero-order valence-corrected chi connectivity index (χ0v) is 16.7. The average molecular weight is 419 g/mol. The van der Waals surface area contributed by atoms with Gasteiger partial charge in [0.2, 0.25) is 0 Å². The highest BCUT2D eigenvalue weighted by molar-refractivity contribution is 7.80. The van der Waals surface area contributed by atoms with Crippen molar-refractivity contribution in [1.29, 1.82) is 0 Å². The maximum atomic E-state index is 13.5. The van der Waals surface area contributed by atoms with E-state index < -0.39 is 23.6 Å². The molecule has 0 aliphatic carbocycles. The van der Waals surface area contributed by atoms with Crippen LogP contribution in [0.25, 0.3) is 0 Å². The number of carbonyl (C=O) groups is 1. The predicted octanol–water partition coefficient (Wildman–Crippen LogP) is 3.41. The van der Waals surface area contributed by atoms with Gasteiger partial charge >= 0.3 is 0 Å². The van der Waals surface area contributed by atoms with Gasteiger partial charge in [-0.05, 0) is 49.5 Å². The maximum Gasteiger partial charge on any atom is 0.255 e. The first-order chi connectivity index (χ1) is 13.8. The first-order valence-electron chi connectivity index (χ1n) is 8.60. The second-order valence-electron chi connectivity index (χ2n) is 6.26. The van der Waals surface area contributed by atoms with Gasteiger partial charge in [0.25, 0.3) is 5.91 Å². The zero-order chi connectivity index (χ0) is 21.1. The van der Waals surface area contributed by atoms with E-state index in [4.69, 9.17) is 21.7 Å². The second-order valence-corrected chi connectivity index (χ2v) is 6.67. The van der Waals surface area contributed by atoms with Crippen LogP contribution in [0, 0.1) is 11.6 Å². The standard InChI is InChI=1S/C20H19F2N3O3S/c1-10-17(19(26)24-11-4-6-14(21)15(22)8-11)18(25-20(29)23-10)13-9-12(27-2)5-7-16(13)28-3/h4-9,18H,1-3H3,(H,24,26)(H2,23,25,29)/t18-/m0/s1. The molecular formula is C20H19F2N3O3S. The fourth-order valence-electron chi connectivity index (χ4n) is 3.07. The van der Waals surface area contributed by atoms with E-state index in [-0.39, 0.29) is 5.69 Å². The van der Waals surface area contributed by atoms with Gasteiger partial charge < -0.3 is 25.4 Å². The van der Waals surface area contributed by atoms with Crippen LogP contribution in [0.15, 0.2) is 47.7 Å². The number of methoxy groups -OCH3 is 2. The van der Waals surface area contributed by atoms with E-state index in [1.54, 1.807) is 25.1 Å². The predicted molar refractivity (Wildman–Crippen MR) is 109 cm³/mol. The van der Waals surface area contributed by atoms with Crippen LogP contribution in [-0.2, 0) is 4.79 Å². The van der Waals surface area contributed by atoms with Crippen molar-refractivity contribution < 1.29 is 23.0 Å². The highest BCUT2D eigenvalue weighted by Gasteiger charge is 2.32. The average Bonchev–Trinajstić information content (AvgIpc) is 2.69. The lowest BCUT2D eigenvalue weighted by molar-refractivity contribution is -0.113. The van der Waals surface area contributed by atoms with Gasteiger partial charge in [0.1, 0.15) is 11.5 Å². The summed E-state index contributed by atoms with van der Waals surface area (Å²) < 4.78 is 37.4. The van der Waals surface area contributed by atoms with Crippen LogP contribution in [-0.4, -0.2) is 25.2 Å². The van der Waals surface area contributed by atoms with Crippen LogP contribution >= 0.6 is 12.2 Å². The summed E-state index contributed by atoms with van der Waals surface area (Å²) in [5.74, 6) is -1.46. The van der Waals surface area contributed by atoms with Gasteiger partial charge in [-0.25, -0.2) is 8.78 Å². The minimum Gasteiger partial charge on any atom is -0.497 e. The number of amides is 1. The largest absolute Gasteiger partial charge is 0.497 e. The zero-order valence-electron chi connectivity index (χ0n) is 15.9. The Kier molecular flexibility index (Phi) is 5.97. The van der Waals surface area contributed by atoms with Crippen molar-refractivity contribution in [3.05, 3.63) is 64.9 Å². The highest BCUT2D eigenvalue weighted by atomic mass is 32.1. The Labute approximate surface area is 171 Å². The third-order valence-corrected chi connectivity index (χ3v) is 4.66. The van der Waals surface area contributed by atoms with Gasteiger partial charge in [-0.2, -0.15) is 0 Å². The van der Waals surface area contributed by atoms with Crippen molar-refractivity contribution in [3.63, 3.8) is 0 Å². The Balaban J connectivity index is 2.02. The summed E-state index contributed by atoms with van der Waals surface area (Å²) in [5, 5.41) is 8.90. The molecule has 0 aromatic heterocycles. The van der Waals surface area contributed by atoms with Gasteiger partial charge in [-0.15, -0.1) is 0 Å². The molecule has 1 aliphatic rings. The fourth-order valence-corrected chi connectivity index (χ4v) is 3.34. The van der Waals surface area contributed by atoms with Crippen molar-refractivity contribution in [1.82, 2.24) is 10.6 Å². The molecule has 1 aliphatic heterocycles. The number of halogens is 2. The van der Waals surface area contributed by atoms with Gasteiger partial charge in [-0.3, -0.25) is 4.79 Å². The number of carbonyl (C=O) groups excluding carboxylic acids is 1. The molecular weight excluding hydrogens is 400 g/mol. The van der Waals surface area contributed by atoms with Crippen molar-refractivity contribution >= 4 is 28.9 Å². The molecule has 6 nitrogen and oxygen atoms in total. The van der Waals surface area contributed by atoms with Gasteiger partial charge in [0.05, 0.1) is 25.8 Å². The molecule has 2 aromatic rings. The van der Waals surface area contributed by atoms with E-state index in [1.165, 1.54) is 20.3 Å². The van der Waals surface area contributed by atoms with Crippen molar-refractivity contribution in [2.75, 3.05) is 19.5 Å². The minimum absolute atomic E-state index is 0.124. The summed E-state index contributed by atoms with van der Waals surface area (Å²) in [6.07, 6.45) is 0. The lowest BCUT2D eigenvalue weighted by atomic mass is 9.94. The molecule has 0 fully saturated rings. The van der Waals surface area contributed by atoms with E-state index in [9.17, 15) is 13.6 Å². The minimum atomic E-state index is -1.06. The molecule has 3 N–H and O–H groups in total. The lowest BCUT2D eigenvalue weighted by Gasteiger charge is -2.31. The molecule has 3 rings (SSSR count). The van der Waals surface area contributed by atoms with Gasteiger partial charge in [-0.1, -0.05) is 0 Å². The summed E-state index contributed by atoms with van der Waals surface area (Å²) in [4.78, 5) is 13.0. The topological polar surface area (TPSA) is 71.6 Å².